The molecule has 0 aliphatic rings. The van der Waals surface area contributed by atoms with Crippen LogP contribution >= 0.6 is 27.7 Å². The number of thioether (sulfide) groups is 1. The smallest absolute Gasteiger partial charge is 0.199 e. The Morgan fingerprint density at radius 1 is 1.00 bits per heavy atom. The van der Waals surface area contributed by atoms with E-state index in [0.29, 0.717) is 28.6 Å². The number of rotatable bonds is 8. The Kier molecular flexibility index (Phi) is 7.77. The fourth-order valence-electron chi connectivity index (χ4n) is 2.82. The van der Waals surface area contributed by atoms with Gasteiger partial charge in [0.2, 0.25) is 0 Å². The zero-order valence-corrected chi connectivity index (χ0v) is 19.5. The number of aryl methyl sites for hydroxylation is 1. The summed E-state index contributed by atoms with van der Waals surface area (Å²) in [6, 6.07) is 21.2. The zero-order valence-electron chi connectivity index (χ0n) is 17.1. The van der Waals surface area contributed by atoms with Gasteiger partial charge < -0.3 is 9.47 Å². The lowest BCUT2D eigenvalue weighted by molar-refractivity contribution is 0.104. The molecule has 0 saturated carbocycles. The number of halogens is 1. The Balaban J connectivity index is 2.00. The number of Topliss-reactive ketones (excluding diaryl/α,β-unsaturated/α-hetero) is 1. The molecule has 0 unspecified atom stereocenters. The van der Waals surface area contributed by atoms with Crippen molar-refractivity contribution in [2.45, 2.75) is 18.7 Å². The van der Waals surface area contributed by atoms with Crippen molar-refractivity contribution in [3.05, 3.63) is 92.8 Å². The predicted molar refractivity (Wildman–Crippen MR) is 128 cm³/mol. The van der Waals surface area contributed by atoms with Crippen molar-refractivity contribution in [2.75, 3.05) is 13.7 Å². The van der Waals surface area contributed by atoms with Gasteiger partial charge in [-0.1, -0.05) is 51.5 Å². The molecule has 3 rings (SSSR count). The number of carbonyl (C=O) groups is 1. The van der Waals surface area contributed by atoms with Gasteiger partial charge in [0, 0.05) is 14.9 Å². The zero-order chi connectivity index (χ0) is 21.5. The molecule has 0 saturated heterocycles. The first kappa shape index (κ1) is 22.2. The Hall–Kier alpha value is -2.50. The van der Waals surface area contributed by atoms with Crippen molar-refractivity contribution in [1.82, 2.24) is 0 Å². The lowest BCUT2D eigenvalue weighted by Gasteiger charge is -2.11. The normalized spacial score (nSPS) is 11.3. The van der Waals surface area contributed by atoms with Gasteiger partial charge in [0.05, 0.1) is 18.6 Å². The molecule has 0 heterocycles. The van der Waals surface area contributed by atoms with Gasteiger partial charge in [-0.3, -0.25) is 4.79 Å². The number of methoxy groups -OCH3 is 1. The minimum absolute atomic E-state index is 0.0269. The van der Waals surface area contributed by atoms with Crippen molar-refractivity contribution in [3.63, 3.8) is 0 Å². The van der Waals surface area contributed by atoms with E-state index >= 15 is 0 Å². The number of benzene rings is 3. The largest absolute Gasteiger partial charge is 0.493 e. The second-order valence-electron chi connectivity index (χ2n) is 6.60. The van der Waals surface area contributed by atoms with Gasteiger partial charge in [0.1, 0.15) is 0 Å². The van der Waals surface area contributed by atoms with E-state index in [4.69, 9.17) is 9.47 Å². The van der Waals surface area contributed by atoms with Crippen LogP contribution in [0.1, 0.15) is 28.4 Å². The third-order valence-corrected chi connectivity index (χ3v) is 5.92. The molecule has 0 aliphatic heterocycles. The molecule has 0 radical (unpaired) electrons. The Bertz CT molecular complexity index is 1040. The average molecular weight is 483 g/mol. The SMILES string of the molecule is CCOc1ccc(/C=C(/Sc2ccc(C)cc2)C(=O)c2ccc(Br)cc2)cc1OC. The first-order valence-electron chi connectivity index (χ1n) is 9.57. The van der Waals surface area contributed by atoms with Gasteiger partial charge in [-0.25, -0.2) is 0 Å². The molecule has 0 N–H and O–H groups in total. The molecule has 30 heavy (non-hydrogen) atoms. The number of hydrogen-bond acceptors (Lipinski definition) is 4. The van der Waals surface area contributed by atoms with E-state index in [1.807, 2.05) is 86.7 Å². The molecule has 0 spiro atoms. The van der Waals surface area contributed by atoms with E-state index in [9.17, 15) is 4.79 Å². The van der Waals surface area contributed by atoms with Crippen molar-refractivity contribution in [3.8, 4) is 11.5 Å². The van der Waals surface area contributed by atoms with Gasteiger partial charge in [-0.15, -0.1) is 0 Å². The highest BCUT2D eigenvalue weighted by atomic mass is 79.9. The second kappa shape index (κ2) is 10.5. The summed E-state index contributed by atoms with van der Waals surface area (Å²) in [5, 5.41) is 0. The summed E-state index contributed by atoms with van der Waals surface area (Å²) in [4.78, 5) is 14.9. The first-order chi connectivity index (χ1) is 14.5. The van der Waals surface area contributed by atoms with Crippen LogP contribution in [0, 0.1) is 6.92 Å². The van der Waals surface area contributed by atoms with Gasteiger partial charge in [-0.2, -0.15) is 0 Å². The van der Waals surface area contributed by atoms with Crippen molar-refractivity contribution in [1.29, 1.82) is 0 Å². The molecular weight excluding hydrogens is 460 g/mol. The van der Waals surface area contributed by atoms with Gasteiger partial charge in [0.25, 0.3) is 0 Å². The standard InChI is InChI=1S/C25H23BrO3S/c1-4-29-22-14-7-18(15-23(22)28-3)16-24(30-21-12-5-17(2)6-13-21)25(27)19-8-10-20(26)11-9-19/h5-16H,4H2,1-3H3/b24-16+. The fraction of sp³-hybridized carbons (Fsp3) is 0.160. The number of carbonyl (C=O) groups excluding carboxylic acids is 1. The summed E-state index contributed by atoms with van der Waals surface area (Å²) in [6.45, 7) is 4.53. The minimum atomic E-state index is -0.0269. The Morgan fingerprint density at radius 3 is 2.33 bits per heavy atom. The molecular formula is C25H23BrO3S. The van der Waals surface area contributed by atoms with Crippen LogP contribution in [0.2, 0.25) is 0 Å². The molecule has 0 amide bonds. The maximum atomic E-state index is 13.3. The van der Waals surface area contributed by atoms with Crippen molar-refractivity contribution >= 4 is 39.6 Å². The van der Waals surface area contributed by atoms with Crippen molar-refractivity contribution in [2.24, 2.45) is 0 Å². The predicted octanol–water partition coefficient (Wildman–Crippen LogP) is 7.18. The maximum Gasteiger partial charge on any atom is 0.199 e. The molecule has 3 aromatic rings. The third-order valence-electron chi connectivity index (χ3n) is 4.36. The number of allylic oxidation sites excluding steroid dienone is 1. The summed E-state index contributed by atoms with van der Waals surface area (Å²) in [6.07, 6.45) is 1.90. The molecule has 0 bridgehead atoms. The van der Waals surface area contributed by atoms with E-state index in [2.05, 4.69) is 15.9 Å². The van der Waals surface area contributed by atoms with Crippen LogP contribution < -0.4 is 9.47 Å². The Labute approximate surface area is 190 Å². The first-order valence-corrected chi connectivity index (χ1v) is 11.2. The summed E-state index contributed by atoms with van der Waals surface area (Å²) in [7, 11) is 1.61. The monoisotopic (exact) mass is 482 g/mol. The fourth-order valence-corrected chi connectivity index (χ4v) is 4.01. The van der Waals surface area contributed by atoms with Crippen LogP contribution in [0.3, 0.4) is 0 Å². The topological polar surface area (TPSA) is 35.5 Å². The number of ketones is 1. The quantitative estimate of drug-likeness (QED) is 0.193. The lowest BCUT2D eigenvalue weighted by atomic mass is 10.1. The summed E-state index contributed by atoms with van der Waals surface area (Å²) in [5.74, 6) is 1.30. The molecule has 0 fully saturated rings. The molecule has 0 aliphatic carbocycles. The minimum Gasteiger partial charge on any atom is -0.493 e. The average Bonchev–Trinajstić information content (AvgIpc) is 2.76. The van der Waals surface area contributed by atoms with E-state index in [1.54, 1.807) is 7.11 Å². The maximum absolute atomic E-state index is 13.3. The molecule has 5 heteroatoms. The third kappa shape index (κ3) is 5.77. The lowest BCUT2D eigenvalue weighted by Crippen LogP contribution is -2.01. The van der Waals surface area contributed by atoms with Crippen LogP contribution in [-0.4, -0.2) is 19.5 Å². The number of hydrogen-bond donors (Lipinski definition) is 0. The van der Waals surface area contributed by atoms with Gasteiger partial charge >= 0.3 is 0 Å². The highest BCUT2D eigenvalue weighted by Gasteiger charge is 2.15. The molecule has 3 nitrogen and oxygen atoms in total. The van der Waals surface area contributed by atoms with Crippen LogP contribution in [0.25, 0.3) is 6.08 Å². The van der Waals surface area contributed by atoms with E-state index < -0.39 is 0 Å². The van der Waals surface area contributed by atoms with Crippen LogP contribution in [0.4, 0.5) is 0 Å². The van der Waals surface area contributed by atoms with E-state index in [0.717, 1.165) is 14.9 Å². The molecule has 0 aromatic heterocycles. The van der Waals surface area contributed by atoms with Gasteiger partial charge in [0.15, 0.2) is 17.3 Å². The Morgan fingerprint density at radius 2 is 1.70 bits per heavy atom. The van der Waals surface area contributed by atoms with Crippen LogP contribution in [-0.2, 0) is 0 Å². The van der Waals surface area contributed by atoms with E-state index in [1.165, 1.54) is 17.3 Å². The molecule has 154 valence electrons. The highest BCUT2D eigenvalue weighted by Crippen LogP contribution is 2.34. The van der Waals surface area contributed by atoms with Crippen LogP contribution in [0.15, 0.2) is 81.0 Å². The molecule has 3 aromatic carbocycles. The van der Waals surface area contributed by atoms with Crippen molar-refractivity contribution < 1.29 is 14.3 Å². The van der Waals surface area contributed by atoms with Crippen LogP contribution in [0.5, 0.6) is 11.5 Å². The second-order valence-corrected chi connectivity index (χ2v) is 8.63. The molecule has 0 atom stereocenters. The van der Waals surface area contributed by atoms with E-state index in [-0.39, 0.29) is 5.78 Å². The van der Waals surface area contributed by atoms with Gasteiger partial charge in [-0.05, 0) is 74.0 Å². The summed E-state index contributed by atoms with van der Waals surface area (Å²) < 4.78 is 12.0. The summed E-state index contributed by atoms with van der Waals surface area (Å²) in [5.41, 5.74) is 2.69. The summed E-state index contributed by atoms with van der Waals surface area (Å²) >= 11 is 4.88. The number of ether oxygens (including phenoxy) is 2. The highest BCUT2D eigenvalue weighted by molar-refractivity contribution is 9.10.